The van der Waals surface area contributed by atoms with Gasteiger partial charge in [0, 0.05) is 51.9 Å². The van der Waals surface area contributed by atoms with Gasteiger partial charge in [-0.2, -0.15) is 0 Å². The number of amides is 1. The summed E-state index contributed by atoms with van der Waals surface area (Å²) in [5.74, 6) is 1.74. The highest BCUT2D eigenvalue weighted by Gasteiger charge is 2.21. The number of nitrogens with one attached hydrogen (secondary N) is 2. The molecule has 9 heteroatoms. The number of halogens is 1. The molecule has 8 nitrogen and oxygen atoms in total. The Bertz CT molecular complexity index is 885. The Balaban J connectivity index is 0.00000341. The first-order valence-corrected chi connectivity index (χ1v) is 10.1. The molecule has 0 atom stereocenters. The van der Waals surface area contributed by atoms with Gasteiger partial charge in [0.1, 0.15) is 18.1 Å². The van der Waals surface area contributed by atoms with Crippen molar-refractivity contribution in [3.8, 4) is 11.5 Å². The van der Waals surface area contributed by atoms with Crippen molar-refractivity contribution >= 4 is 47.2 Å². The first-order valence-electron chi connectivity index (χ1n) is 10.1. The molecule has 3 N–H and O–H groups in total. The van der Waals surface area contributed by atoms with Gasteiger partial charge < -0.3 is 30.3 Å². The van der Waals surface area contributed by atoms with E-state index in [1.54, 1.807) is 19.2 Å². The summed E-state index contributed by atoms with van der Waals surface area (Å²) < 4.78 is 5.78. The number of hydrogen-bond acceptors (Lipinski definition) is 5. The quantitative estimate of drug-likeness (QED) is 0.227. The lowest BCUT2D eigenvalue weighted by Gasteiger charge is -2.37. The second-order valence-electron chi connectivity index (χ2n) is 6.99. The predicted molar refractivity (Wildman–Crippen MR) is 135 cm³/mol. The molecule has 2 aromatic carbocycles. The first kappa shape index (κ1) is 24.6. The van der Waals surface area contributed by atoms with Crippen molar-refractivity contribution in [3.05, 3.63) is 48.5 Å². The standard InChI is InChI=1S/C22H29N5O3.HI/c1-17(28)25-18-6-5-7-19(16-18)30-15-10-24-22(23-2)27-13-11-26(12-14-27)20-8-3-4-9-21(20)29;/h3-9,16,29H,10-15H2,1-2H3,(H,23,24)(H,25,28);1H. The van der Waals surface area contributed by atoms with Gasteiger partial charge in [-0.15, -0.1) is 24.0 Å². The Morgan fingerprint density at radius 2 is 1.87 bits per heavy atom. The number of piperazine rings is 1. The van der Waals surface area contributed by atoms with Gasteiger partial charge in [0.2, 0.25) is 5.91 Å². The molecule has 0 aromatic heterocycles. The number of nitrogens with zero attached hydrogens (tertiary/aromatic N) is 3. The van der Waals surface area contributed by atoms with Crippen molar-refractivity contribution in [2.75, 3.05) is 56.6 Å². The summed E-state index contributed by atoms with van der Waals surface area (Å²) in [7, 11) is 1.77. The lowest BCUT2D eigenvalue weighted by atomic mass is 10.2. The van der Waals surface area contributed by atoms with E-state index < -0.39 is 0 Å². The molecule has 3 rings (SSSR count). The van der Waals surface area contributed by atoms with Crippen LogP contribution in [0.15, 0.2) is 53.5 Å². The molecule has 1 heterocycles. The minimum absolute atomic E-state index is 0. The van der Waals surface area contributed by atoms with Gasteiger partial charge >= 0.3 is 0 Å². The maximum Gasteiger partial charge on any atom is 0.221 e. The van der Waals surface area contributed by atoms with E-state index in [9.17, 15) is 9.90 Å². The van der Waals surface area contributed by atoms with Crippen LogP contribution >= 0.6 is 24.0 Å². The zero-order valence-corrected chi connectivity index (χ0v) is 20.2. The number of hydrogen-bond donors (Lipinski definition) is 3. The normalized spacial score (nSPS) is 13.9. The third-order valence-electron chi connectivity index (χ3n) is 4.82. The number of carbonyl (C=O) groups is 1. The van der Waals surface area contributed by atoms with Gasteiger partial charge in [-0.3, -0.25) is 9.79 Å². The van der Waals surface area contributed by atoms with E-state index >= 15 is 0 Å². The molecule has 1 aliphatic heterocycles. The number of carbonyl (C=O) groups excluding carboxylic acids is 1. The maximum absolute atomic E-state index is 11.2. The van der Waals surface area contributed by atoms with Gasteiger partial charge in [-0.1, -0.05) is 18.2 Å². The van der Waals surface area contributed by atoms with Gasteiger partial charge in [-0.05, 0) is 24.3 Å². The lowest BCUT2D eigenvalue weighted by Crippen LogP contribution is -2.53. The smallest absolute Gasteiger partial charge is 0.221 e. The van der Waals surface area contributed by atoms with E-state index in [-0.39, 0.29) is 29.9 Å². The molecule has 1 aliphatic rings. The summed E-state index contributed by atoms with van der Waals surface area (Å²) in [5.41, 5.74) is 1.58. The fraction of sp³-hybridized carbons (Fsp3) is 0.364. The molecule has 31 heavy (non-hydrogen) atoms. The van der Waals surface area contributed by atoms with E-state index in [2.05, 4.69) is 25.4 Å². The lowest BCUT2D eigenvalue weighted by molar-refractivity contribution is -0.114. The van der Waals surface area contributed by atoms with E-state index in [0.717, 1.165) is 37.8 Å². The Hall–Kier alpha value is -2.69. The molecule has 1 saturated heterocycles. The monoisotopic (exact) mass is 539 g/mol. The van der Waals surface area contributed by atoms with Crippen LogP contribution in [-0.4, -0.2) is 68.3 Å². The second kappa shape index (κ2) is 12.2. The van der Waals surface area contributed by atoms with E-state index in [1.165, 1.54) is 6.92 Å². The summed E-state index contributed by atoms with van der Waals surface area (Å²) in [6, 6.07) is 14.8. The van der Waals surface area contributed by atoms with Gasteiger partial charge in [0.05, 0.1) is 12.2 Å². The minimum atomic E-state index is -0.111. The zero-order chi connectivity index (χ0) is 21.3. The highest BCUT2D eigenvalue weighted by atomic mass is 127. The molecule has 0 saturated carbocycles. The summed E-state index contributed by atoms with van der Waals surface area (Å²) in [6.07, 6.45) is 0. The highest BCUT2D eigenvalue weighted by molar-refractivity contribution is 14.0. The van der Waals surface area contributed by atoms with E-state index in [0.29, 0.717) is 30.3 Å². The molecular weight excluding hydrogens is 509 g/mol. The molecule has 1 fully saturated rings. The molecule has 2 aromatic rings. The molecule has 0 radical (unpaired) electrons. The number of phenolic OH excluding ortho intramolecular Hbond substituents is 1. The number of aliphatic imine (C=N–C) groups is 1. The third kappa shape index (κ3) is 7.20. The average Bonchev–Trinajstić information content (AvgIpc) is 2.74. The third-order valence-corrected chi connectivity index (χ3v) is 4.82. The topological polar surface area (TPSA) is 89.4 Å². The van der Waals surface area contributed by atoms with Crippen LogP contribution in [0.4, 0.5) is 11.4 Å². The number of ether oxygens (including phenoxy) is 1. The van der Waals surface area contributed by atoms with Gasteiger partial charge in [-0.25, -0.2) is 0 Å². The van der Waals surface area contributed by atoms with Crippen LogP contribution in [-0.2, 0) is 4.79 Å². The average molecular weight is 539 g/mol. The number of phenols is 1. The molecule has 168 valence electrons. The van der Waals surface area contributed by atoms with Crippen molar-refractivity contribution < 1.29 is 14.6 Å². The molecule has 0 aliphatic carbocycles. The summed E-state index contributed by atoms with van der Waals surface area (Å²) in [5, 5.41) is 16.1. The van der Waals surface area contributed by atoms with Gasteiger partial charge in [0.15, 0.2) is 5.96 Å². The number of benzene rings is 2. The molecule has 0 spiro atoms. The predicted octanol–water partition coefficient (Wildman–Crippen LogP) is 2.75. The van der Waals surface area contributed by atoms with Crippen LogP contribution in [0.5, 0.6) is 11.5 Å². The van der Waals surface area contributed by atoms with Crippen molar-refractivity contribution in [1.82, 2.24) is 10.2 Å². The Kier molecular flexibility index (Phi) is 9.70. The fourth-order valence-electron chi connectivity index (χ4n) is 3.42. The van der Waals surface area contributed by atoms with Crippen LogP contribution in [0.3, 0.4) is 0 Å². The van der Waals surface area contributed by atoms with Crippen LogP contribution in [0.2, 0.25) is 0 Å². The minimum Gasteiger partial charge on any atom is -0.506 e. The van der Waals surface area contributed by atoms with Crippen molar-refractivity contribution in [3.63, 3.8) is 0 Å². The molecular formula is C22H30IN5O3. The SMILES string of the molecule is CN=C(NCCOc1cccc(NC(C)=O)c1)N1CCN(c2ccccc2O)CC1.I. The largest absolute Gasteiger partial charge is 0.506 e. The van der Waals surface area contributed by atoms with E-state index in [4.69, 9.17) is 4.74 Å². The van der Waals surface area contributed by atoms with E-state index in [1.807, 2.05) is 36.4 Å². The van der Waals surface area contributed by atoms with Crippen molar-refractivity contribution in [1.29, 1.82) is 0 Å². The van der Waals surface area contributed by atoms with Crippen LogP contribution in [0.25, 0.3) is 0 Å². The number of aromatic hydroxyl groups is 1. The number of anilines is 2. The fourth-order valence-corrected chi connectivity index (χ4v) is 3.42. The number of para-hydroxylation sites is 2. The van der Waals surface area contributed by atoms with Gasteiger partial charge in [0.25, 0.3) is 0 Å². The van der Waals surface area contributed by atoms with Crippen LogP contribution in [0, 0.1) is 0 Å². The maximum atomic E-state index is 11.2. The molecule has 0 unspecified atom stereocenters. The molecule has 1 amide bonds. The highest BCUT2D eigenvalue weighted by Crippen LogP contribution is 2.27. The van der Waals surface area contributed by atoms with Crippen molar-refractivity contribution in [2.24, 2.45) is 4.99 Å². The summed E-state index contributed by atoms with van der Waals surface area (Å²) in [4.78, 5) is 19.9. The Morgan fingerprint density at radius 1 is 1.13 bits per heavy atom. The summed E-state index contributed by atoms with van der Waals surface area (Å²) in [6.45, 7) is 5.80. The zero-order valence-electron chi connectivity index (χ0n) is 17.9. The molecule has 0 bridgehead atoms. The van der Waals surface area contributed by atoms with Crippen LogP contribution in [0.1, 0.15) is 6.92 Å². The number of guanidine groups is 1. The Morgan fingerprint density at radius 3 is 2.55 bits per heavy atom. The number of rotatable bonds is 6. The summed E-state index contributed by atoms with van der Waals surface area (Å²) >= 11 is 0. The Labute approximate surface area is 200 Å². The second-order valence-corrected chi connectivity index (χ2v) is 6.99. The first-order chi connectivity index (χ1) is 14.6. The van der Waals surface area contributed by atoms with Crippen molar-refractivity contribution in [2.45, 2.75) is 6.92 Å². The van der Waals surface area contributed by atoms with Crippen LogP contribution < -0.4 is 20.3 Å².